The molecule has 1 saturated heterocycles. The van der Waals surface area contributed by atoms with Crippen LogP contribution in [0.5, 0.6) is 0 Å². The number of aryl methyl sites for hydroxylation is 1. The van der Waals surface area contributed by atoms with E-state index in [1.54, 1.807) is 22.1 Å². The first-order valence-electron chi connectivity index (χ1n) is 8.56. The lowest BCUT2D eigenvalue weighted by Crippen LogP contribution is -2.37. The summed E-state index contributed by atoms with van der Waals surface area (Å²) in [7, 11) is 0. The highest BCUT2D eigenvalue weighted by atomic mass is 32.1. The number of rotatable bonds is 4. The van der Waals surface area contributed by atoms with E-state index >= 15 is 0 Å². The van der Waals surface area contributed by atoms with Crippen molar-refractivity contribution in [3.63, 3.8) is 0 Å². The summed E-state index contributed by atoms with van der Waals surface area (Å²) in [5.74, 6) is 0. The molecule has 1 fully saturated rings. The number of aromatic nitrogens is 3. The van der Waals surface area contributed by atoms with E-state index in [1.807, 2.05) is 13.0 Å². The maximum Gasteiger partial charge on any atom is 0.266 e. The second-order valence-electron chi connectivity index (χ2n) is 7.61. The van der Waals surface area contributed by atoms with Gasteiger partial charge >= 0.3 is 0 Å². The van der Waals surface area contributed by atoms with Crippen LogP contribution in [0.15, 0.2) is 22.3 Å². The SMILES string of the molecule is Cc1nc(CN2CCCC2Cn2nc(C(C)(C)C)ccc2=O)cs1. The Labute approximate surface area is 147 Å². The maximum absolute atomic E-state index is 12.2. The van der Waals surface area contributed by atoms with Crippen molar-refractivity contribution in [2.45, 2.75) is 65.1 Å². The van der Waals surface area contributed by atoms with Gasteiger partial charge in [-0.15, -0.1) is 11.3 Å². The van der Waals surface area contributed by atoms with Crippen LogP contribution in [-0.2, 0) is 18.5 Å². The highest BCUT2D eigenvalue weighted by molar-refractivity contribution is 7.09. The molecule has 1 atom stereocenters. The fraction of sp³-hybridized carbons (Fsp3) is 0.611. The third-order valence-corrected chi connectivity index (χ3v) is 5.37. The predicted octanol–water partition coefficient (Wildman–Crippen LogP) is 2.97. The highest BCUT2D eigenvalue weighted by Crippen LogP contribution is 2.22. The van der Waals surface area contributed by atoms with E-state index in [1.165, 1.54) is 6.42 Å². The summed E-state index contributed by atoms with van der Waals surface area (Å²) in [6, 6.07) is 3.85. The molecular formula is C18H26N4OS. The predicted molar refractivity (Wildman–Crippen MR) is 97.5 cm³/mol. The van der Waals surface area contributed by atoms with Crippen LogP contribution in [0.3, 0.4) is 0 Å². The average molecular weight is 347 g/mol. The summed E-state index contributed by atoms with van der Waals surface area (Å²) in [6.07, 6.45) is 2.28. The Kier molecular flexibility index (Phi) is 4.88. The van der Waals surface area contributed by atoms with Crippen LogP contribution in [0.1, 0.15) is 50.0 Å². The monoisotopic (exact) mass is 346 g/mol. The molecule has 2 aromatic rings. The average Bonchev–Trinajstić information content (AvgIpc) is 3.10. The van der Waals surface area contributed by atoms with Gasteiger partial charge in [0.1, 0.15) is 0 Å². The Morgan fingerprint density at radius 1 is 1.33 bits per heavy atom. The topological polar surface area (TPSA) is 51.0 Å². The third-order valence-electron chi connectivity index (χ3n) is 4.55. The number of thiazole rings is 1. The highest BCUT2D eigenvalue weighted by Gasteiger charge is 2.26. The second-order valence-corrected chi connectivity index (χ2v) is 8.68. The van der Waals surface area contributed by atoms with E-state index in [0.29, 0.717) is 12.6 Å². The zero-order valence-electron chi connectivity index (χ0n) is 15.0. The van der Waals surface area contributed by atoms with Gasteiger partial charge in [-0.05, 0) is 32.4 Å². The molecule has 6 heteroatoms. The lowest BCUT2D eigenvalue weighted by molar-refractivity contribution is 0.213. The smallest absolute Gasteiger partial charge is 0.266 e. The third kappa shape index (κ3) is 3.92. The molecule has 0 saturated carbocycles. The summed E-state index contributed by atoms with van der Waals surface area (Å²) >= 11 is 1.69. The number of hydrogen-bond donors (Lipinski definition) is 0. The summed E-state index contributed by atoms with van der Waals surface area (Å²) in [4.78, 5) is 19.2. The van der Waals surface area contributed by atoms with Crippen LogP contribution in [0, 0.1) is 6.92 Å². The minimum absolute atomic E-state index is 0.0145. The molecule has 2 aromatic heterocycles. The Hall–Kier alpha value is -1.53. The first-order chi connectivity index (χ1) is 11.3. The fourth-order valence-electron chi connectivity index (χ4n) is 3.18. The summed E-state index contributed by atoms with van der Waals surface area (Å²) in [5.41, 5.74) is 2.03. The molecule has 0 N–H and O–H groups in total. The molecule has 3 rings (SSSR count). The van der Waals surface area contributed by atoms with Crippen LogP contribution >= 0.6 is 11.3 Å². The van der Waals surface area contributed by atoms with Gasteiger partial charge in [-0.2, -0.15) is 5.10 Å². The van der Waals surface area contributed by atoms with Gasteiger partial charge in [0, 0.05) is 29.4 Å². The van der Waals surface area contributed by atoms with Gasteiger partial charge in [0.05, 0.1) is 22.9 Å². The lowest BCUT2D eigenvalue weighted by atomic mass is 9.92. The summed E-state index contributed by atoms with van der Waals surface area (Å²) in [6.45, 7) is 11.0. The van der Waals surface area contributed by atoms with E-state index in [0.717, 1.165) is 35.9 Å². The molecular weight excluding hydrogens is 320 g/mol. The molecule has 0 radical (unpaired) electrons. The largest absolute Gasteiger partial charge is 0.293 e. The summed E-state index contributed by atoms with van der Waals surface area (Å²) < 4.78 is 1.65. The van der Waals surface area contributed by atoms with Crippen LogP contribution in [0.2, 0.25) is 0 Å². The van der Waals surface area contributed by atoms with E-state index in [9.17, 15) is 4.79 Å². The standard InChI is InChI=1S/C18H26N4OS/c1-13-19-14(12-24-13)10-21-9-5-6-15(21)11-22-17(23)8-7-16(20-22)18(2,3)4/h7-8,12,15H,5-6,9-11H2,1-4H3. The van der Waals surface area contributed by atoms with E-state index in [4.69, 9.17) is 0 Å². The minimum Gasteiger partial charge on any atom is -0.293 e. The van der Waals surface area contributed by atoms with Gasteiger partial charge in [0.2, 0.25) is 0 Å². The lowest BCUT2D eigenvalue weighted by Gasteiger charge is -2.25. The molecule has 1 aliphatic rings. The molecule has 0 amide bonds. The van der Waals surface area contributed by atoms with Gasteiger partial charge in [-0.25, -0.2) is 9.67 Å². The minimum atomic E-state index is -0.0526. The maximum atomic E-state index is 12.2. The van der Waals surface area contributed by atoms with Crippen molar-refractivity contribution in [1.29, 1.82) is 0 Å². The van der Waals surface area contributed by atoms with Gasteiger partial charge in [0.15, 0.2) is 0 Å². The normalized spacial score (nSPS) is 19.1. The van der Waals surface area contributed by atoms with Crippen LogP contribution < -0.4 is 5.56 Å². The van der Waals surface area contributed by atoms with Crippen LogP contribution in [0.4, 0.5) is 0 Å². The molecule has 24 heavy (non-hydrogen) atoms. The molecule has 0 aromatic carbocycles. The van der Waals surface area contributed by atoms with E-state index < -0.39 is 0 Å². The first-order valence-corrected chi connectivity index (χ1v) is 9.44. The Morgan fingerprint density at radius 2 is 2.12 bits per heavy atom. The van der Waals surface area contributed by atoms with Crippen molar-refractivity contribution < 1.29 is 0 Å². The summed E-state index contributed by atoms with van der Waals surface area (Å²) in [5, 5.41) is 7.86. The Balaban J connectivity index is 1.76. The number of hydrogen-bond acceptors (Lipinski definition) is 5. The first kappa shape index (κ1) is 17.3. The van der Waals surface area contributed by atoms with Crippen molar-refractivity contribution >= 4 is 11.3 Å². The van der Waals surface area contributed by atoms with Crippen LogP contribution in [0.25, 0.3) is 0 Å². The molecule has 1 aliphatic heterocycles. The Morgan fingerprint density at radius 3 is 2.79 bits per heavy atom. The van der Waals surface area contributed by atoms with Gasteiger partial charge in [-0.3, -0.25) is 9.69 Å². The Bertz CT molecular complexity index is 759. The molecule has 130 valence electrons. The molecule has 0 spiro atoms. The van der Waals surface area contributed by atoms with Crippen molar-refractivity contribution in [3.8, 4) is 0 Å². The van der Waals surface area contributed by atoms with Gasteiger partial charge < -0.3 is 0 Å². The molecule has 5 nitrogen and oxygen atoms in total. The van der Waals surface area contributed by atoms with E-state index in [2.05, 4.69) is 41.1 Å². The molecule has 3 heterocycles. The van der Waals surface area contributed by atoms with Gasteiger partial charge in [0.25, 0.3) is 5.56 Å². The van der Waals surface area contributed by atoms with Gasteiger partial charge in [-0.1, -0.05) is 20.8 Å². The molecule has 0 bridgehead atoms. The molecule has 0 aliphatic carbocycles. The second kappa shape index (κ2) is 6.76. The van der Waals surface area contributed by atoms with Crippen molar-refractivity contribution in [3.05, 3.63) is 44.3 Å². The van der Waals surface area contributed by atoms with E-state index in [-0.39, 0.29) is 11.0 Å². The zero-order chi connectivity index (χ0) is 17.3. The fourth-order valence-corrected chi connectivity index (χ4v) is 3.78. The number of nitrogens with zero attached hydrogens (tertiary/aromatic N) is 4. The van der Waals surface area contributed by atoms with Crippen molar-refractivity contribution in [2.24, 2.45) is 0 Å². The zero-order valence-corrected chi connectivity index (χ0v) is 15.8. The quantitative estimate of drug-likeness (QED) is 0.854. The van der Waals surface area contributed by atoms with Crippen molar-refractivity contribution in [2.75, 3.05) is 6.54 Å². The van der Waals surface area contributed by atoms with Crippen molar-refractivity contribution in [1.82, 2.24) is 19.7 Å². The number of likely N-dealkylation sites (tertiary alicyclic amines) is 1. The van der Waals surface area contributed by atoms with Crippen LogP contribution in [-0.4, -0.2) is 32.3 Å². The molecule has 1 unspecified atom stereocenters.